The fourth-order valence-electron chi connectivity index (χ4n) is 2.68. The van der Waals surface area contributed by atoms with E-state index in [0.29, 0.717) is 5.92 Å². The van der Waals surface area contributed by atoms with Gasteiger partial charge in [0.05, 0.1) is 0 Å². The molecule has 2 nitrogen and oxygen atoms in total. The maximum Gasteiger partial charge on any atom is 0.229 e. The molecule has 0 heterocycles. The van der Waals surface area contributed by atoms with Crippen LogP contribution in [0.1, 0.15) is 39.5 Å². The molecule has 1 amide bonds. The maximum absolute atomic E-state index is 12.1. The molecule has 0 radical (unpaired) electrons. The van der Waals surface area contributed by atoms with Crippen molar-refractivity contribution in [1.82, 2.24) is 4.90 Å². The Morgan fingerprint density at radius 1 is 1.60 bits per heavy atom. The van der Waals surface area contributed by atoms with E-state index in [-0.39, 0.29) is 11.8 Å². The van der Waals surface area contributed by atoms with Gasteiger partial charge in [0.25, 0.3) is 0 Å². The first-order chi connectivity index (χ1) is 7.10. The molecule has 1 fully saturated rings. The molecule has 1 aliphatic carbocycles. The lowest BCUT2D eigenvalue weighted by Crippen LogP contribution is -2.32. The smallest absolute Gasteiger partial charge is 0.229 e. The number of amides is 1. The van der Waals surface area contributed by atoms with Crippen molar-refractivity contribution in [1.29, 1.82) is 0 Å². The normalized spacial score (nSPS) is 27.4. The number of nitrogens with zero attached hydrogens (tertiary/aromatic N) is 1. The lowest BCUT2D eigenvalue weighted by Gasteiger charge is -2.24. The van der Waals surface area contributed by atoms with Gasteiger partial charge in [-0.2, -0.15) is 0 Å². The van der Waals surface area contributed by atoms with Crippen LogP contribution in [-0.2, 0) is 4.79 Å². The van der Waals surface area contributed by atoms with Crippen molar-refractivity contribution in [3.63, 3.8) is 0 Å². The van der Waals surface area contributed by atoms with Crippen molar-refractivity contribution in [3.8, 4) is 0 Å². The van der Waals surface area contributed by atoms with E-state index in [9.17, 15) is 4.79 Å². The van der Waals surface area contributed by atoms with Crippen LogP contribution in [0.15, 0.2) is 12.8 Å². The van der Waals surface area contributed by atoms with Crippen molar-refractivity contribution >= 4 is 5.91 Å². The second-order valence-electron chi connectivity index (χ2n) is 4.82. The van der Waals surface area contributed by atoms with Crippen molar-refractivity contribution in [2.24, 2.45) is 17.8 Å². The van der Waals surface area contributed by atoms with Crippen LogP contribution in [0.5, 0.6) is 0 Å². The van der Waals surface area contributed by atoms with E-state index in [1.54, 1.807) is 18.1 Å². The average Bonchev–Trinajstić information content (AvgIpc) is 2.64. The largest absolute Gasteiger partial charge is 0.323 e. The lowest BCUT2D eigenvalue weighted by molar-refractivity contribution is -0.133. The third-order valence-electron chi connectivity index (χ3n) is 3.68. The van der Waals surface area contributed by atoms with Crippen molar-refractivity contribution < 1.29 is 4.79 Å². The predicted octanol–water partition coefficient (Wildman–Crippen LogP) is 3.05. The SMILES string of the molecule is C=CN(C)C(=O)C(CC)C1CCC(C)C1. The summed E-state index contributed by atoms with van der Waals surface area (Å²) in [5, 5.41) is 0. The number of hydrogen-bond donors (Lipinski definition) is 0. The van der Waals surface area contributed by atoms with Gasteiger partial charge in [0.15, 0.2) is 0 Å². The van der Waals surface area contributed by atoms with E-state index in [1.165, 1.54) is 19.3 Å². The summed E-state index contributed by atoms with van der Waals surface area (Å²) in [4.78, 5) is 13.7. The molecule has 1 saturated carbocycles. The van der Waals surface area contributed by atoms with E-state index >= 15 is 0 Å². The molecule has 0 aromatic carbocycles. The van der Waals surface area contributed by atoms with Crippen LogP contribution in [0.2, 0.25) is 0 Å². The summed E-state index contributed by atoms with van der Waals surface area (Å²) in [6.07, 6.45) is 6.29. The quantitative estimate of drug-likeness (QED) is 0.697. The third-order valence-corrected chi connectivity index (χ3v) is 3.68. The Morgan fingerprint density at radius 3 is 2.67 bits per heavy atom. The van der Waals surface area contributed by atoms with Gasteiger partial charge in [0.1, 0.15) is 0 Å². The monoisotopic (exact) mass is 209 g/mol. The van der Waals surface area contributed by atoms with Gasteiger partial charge in [-0.3, -0.25) is 4.79 Å². The van der Waals surface area contributed by atoms with E-state index in [4.69, 9.17) is 0 Å². The second kappa shape index (κ2) is 5.34. The standard InChI is InChI=1S/C13H23NO/c1-5-12(13(15)14(4)6-2)11-8-7-10(3)9-11/h6,10-12H,2,5,7-9H2,1,3-4H3. The number of hydrogen-bond acceptors (Lipinski definition) is 1. The summed E-state index contributed by atoms with van der Waals surface area (Å²) < 4.78 is 0. The molecule has 0 spiro atoms. The van der Waals surface area contributed by atoms with Gasteiger partial charge < -0.3 is 4.90 Å². The molecule has 15 heavy (non-hydrogen) atoms. The van der Waals surface area contributed by atoms with Crippen LogP contribution < -0.4 is 0 Å². The number of rotatable bonds is 4. The molecular formula is C13H23NO. The molecule has 1 rings (SSSR count). The molecule has 2 heteroatoms. The Labute approximate surface area is 93.3 Å². The van der Waals surface area contributed by atoms with E-state index in [0.717, 1.165) is 12.3 Å². The molecule has 3 unspecified atom stereocenters. The molecule has 0 bridgehead atoms. The first kappa shape index (κ1) is 12.3. The molecule has 0 saturated heterocycles. The molecule has 0 aromatic heterocycles. The Kier molecular flexibility index (Phi) is 4.37. The minimum absolute atomic E-state index is 0.206. The zero-order chi connectivity index (χ0) is 11.4. The second-order valence-corrected chi connectivity index (χ2v) is 4.82. The third kappa shape index (κ3) is 2.83. The molecule has 0 aromatic rings. The Morgan fingerprint density at radius 2 is 2.27 bits per heavy atom. The number of carbonyl (C=O) groups is 1. The summed E-state index contributed by atoms with van der Waals surface area (Å²) in [5.74, 6) is 1.84. The highest BCUT2D eigenvalue weighted by Crippen LogP contribution is 2.37. The van der Waals surface area contributed by atoms with Crippen LogP contribution in [0, 0.1) is 17.8 Å². The number of carbonyl (C=O) groups excluding carboxylic acids is 1. The molecule has 1 aliphatic rings. The van der Waals surface area contributed by atoms with Gasteiger partial charge in [0.2, 0.25) is 5.91 Å². The van der Waals surface area contributed by atoms with E-state index in [1.807, 2.05) is 0 Å². The fraction of sp³-hybridized carbons (Fsp3) is 0.769. The highest BCUT2D eigenvalue weighted by molar-refractivity contribution is 5.79. The van der Waals surface area contributed by atoms with Crippen molar-refractivity contribution in [2.75, 3.05) is 7.05 Å². The van der Waals surface area contributed by atoms with Gasteiger partial charge in [-0.05, 0) is 37.3 Å². The Hall–Kier alpha value is -0.790. The zero-order valence-electron chi connectivity index (χ0n) is 10.2. The van der Waals surface area contributed by atoms with Gasteiger partial charge in [-0.1, -0.05) is 26.8 Å². The molecule has 0 N–H and O–H groups in total. The maximum atomic E-state index is 12.1. The molecule has 86 valence electrons. The summed E-state index contributed by atoms with van der Waals surface area (Å²) in [6, 6.07) is 0. The van der Waals surface area contributed by atoms with E-state index < -0.39 is 0 Å². The molecular weight excluding hydrogens is 186 g/mol. The summed E-state index contributed by atoms with van der Waals surface area (Å²) in [5.41, 5.74) is 0. The topological polar surface area (TPSA) is 20.3 Å². The van der Waals surface area contributed by atoms with E-state index in [2.05, 4.69) is 20.4 Å². The lowest BCUT2D eigenvalue weighted by atomic mass is 9.87. The van der Waals surface area contributed by atoms with Crippen LogP contribution in [-0.4, -0.2) is 17.9 Å². The van der Waals surface area contributed by atoms with Crippen LogP contribution in [0.25, 0.3) is 0 Å². The van der Waals surface area contributed by atoms with Gasteiger partial charge in [0, 0.05) is 13.0 Å². The Balaban J connectivity index is 2.62. The summed E-state index contributed by atoms with van der Waals surface area (Å²) >= 11 is 0. The zero-order valence-corrected chi connectivity index (χ0v) is 10.2. The minimum Gasteiger partial charge on any atom is -0.323 e. The van der Waals surface area contributed by atoms with Crippen molar-refractivity contribution in [3.05, 3.63) is 12.8 Å². The van der Waals surface area contributed by atoms with Gasteiger partial charge >= 0.3 is 0 Å². The highest BCUT2D eigenvalue weighted by atomic mass is 16.2. The van der Waals surface area contributed by atoms with Gasteiger partial charge in [-0.25, -0.2) is 0 Å². The summed E-state index contributed by atoms with van der Waals surface area (Å²) in [6.45, 7) is 8.04. The van der Waals surface area contributed by atoms with Crippen LogP contribution >= 0.6 is 0 Å². The minimum atomic E-state index is 0.206. The van der Waals surface area contributed by atoms with Gasteiger partial charge in [-0.15, -0.1) is 0 Å². The Bertz CT molecular complexity index is 237. The predicted molar refractivity (Wildman–Crippen MR) is 63.3 cm³/mol. The molecule has 3 atom stereocenters. The van der Waals surface area contributed by atoms with Crippen molar-refractivity contribution in [2.45, 2.75) is 39.5 Å². The fourth-order valence-corrected chi connectivity index (χ4v) is 2.68. The van der Waals surface area contributed by atoms with Crippen LogP contribution in [0.3, 0.4) is 0 Å². The summed E-state index contributed by atoms with van der Waals surface area (Å²) in [7, 11) is 1.80. The van der Waals surface area contributed by atoms with Crippen LogP contribution in [0.4, 0.5) is 0 Å². The highest BCUT2D eigenvalue weighted by Gasteiger charge is 2.32. The molecule has 0 aliphatic heterocycles. The average molecular weight is 209 g/mol. The first-order valence-electron chi connectivity index (χ1n) is 5.99. The first-order valence-corrected chi connectivity index (χ1v) is 5.99.